The summed E-state index contributed by atoms with van der Waals surface area (Å²) in [5.41, 5.74) is 0.561. The van der Waals surface area contributed by atoms with Crippen molar-refractivity contribution < 1.29 is 14.9 Å². The minimum atomic E-state index is -0.359. The molecule has 0 atom stereocenters. The number of aliphatic hydroxyl groups is 1. The van der Waals surface area contributed by atoms with Gasteiger partial charge in [0.05, 0.1) is 17.7 Å². The summed E-state index contributed by atoms with van der Waals surface area (Å²) in [5, 5.41) is 19.1. The Hall–Kier alpha value is -0.740. The van der Waals surface area contributed by atoms with Crippen molar-refractivity contribution in [2.45, 2.75) is 26.2 Å². The van der Waals surface area contributed by atoms with Gasteiger partial charge in [0, 0.05) is 5.41 Å². The van der Waals surface area contributed by atoms with Crippen LogP contribution in [-0.4, -0.2) is 23.4 Å². The third-order valence-electron chi connectivity index (χ3n) is 2.51. The lowest BCUT2D eigenvalue weighted by molar-refractivity contribution is 0.217. The number of hydrogen-bond acceptors (Lipinski definition) is 3. The third kappa shape index (κ3) is 2.68. The van der Waals surface area contributed by atoms with Crippen molar-refractivity contribution >= 4 is 15.9 Å². The Labute approximate surface area is 104 Å². The maximum Gasteiger partial charge on any atom is 0.172 e. The molecule has 3 nitrogen and oxygen atoms in total. The first-order valence-corrected chi connectivity index (χ1v) is 5.98. The minimum Gasteiger partial charge on any atom is -0.503 e. The Morgan fingerprint density at radius 2 is 2.00 bits per heavy atom. The fourth-order valence-corrected chi connectivity index (χ4v) is 1.76. The van der Waals surface area contributed by atoms with Gasteiger partial charge in [0.1, 0.15) is 0 Å². The van der Waals surface area contributed by atoms with Gasteiger partial charge < -0.3 is 14.9 Å². The molecular weight excluding hydrogens is 272 g/mol. The number of hydrogen-bond donors (Lipinski definition) is 2. The first-order valence-electron chi connectivity index (χ1n) is 5.19. The molecule has 0 bridgehead atoms. The van der Waals surface area contributed by atoms with Gasteiger partial charge in [-0.1, -0.05) is 13.8 Å². The average molecular weight is 289 g/mol. The van der Waals surface area contributed by atoms with Crippen molar-refractivity contribution in [3.8, 4) is 11.5 Å². The smallest absolute Gasteiger partial charge is 0.172 e. The maximum absolute atomic E-state index is 9.76. The van der Waals surface area contributed by atoms with E-state index in [0.29, 0.717) is 16.8 Å². The molecular formula is C12H17BrO3. The molecule has 0 heterocycles. The number of benzene rings is 1. The number of aromatic hydroxyl groups is 1. The molecule has 0 aliphatic carbocycles. The van der Waals surface area contributed by atoms with Crippen molar-refractivity contribution in [3.05, 3.63) is 22.2 Å². The Bertz CT molecular complexity index is 375. The third-order valence-corrected chi connectivity index (χ3v) is 3.11. The number of phenols is 1. The maximum atomic E-state index is 9.76. The zero-order valence-electron chi connectivity index (χ0n) is 9.75. The van der Waals surface area contributed by atoms with Gasteiger partial charge >= 0.3 is 0 Å². The van der Waals surface area contributed by atoms with Crippen molar-refractivity contribution in [2.24, 2.45) is 0 Å². The number of aliphatic hydroxyl groups excluding tert-OH is 1. The fraction of sp³-hybridized carbons (Fsp3) is 0.500. The Kier molecular flexibility index (Phi) is 4.21. The zero-order valence-corrected chi connectivity index (χ0v) is 11.3. The molecule has 0 aliphatic rings. The average Bonchev–Trinajstić information content (AvgIpc) is 2.24. The lowest BCUT2D eigenvalue weighted by Crippen LogP contribution is -2.22. The summed E-state index contributed by atoms with van der Waals surface area (Å²) >= 11 is 3.28. The summed E-state index contributed by atoms with van der Waals surface area (Å²) in [6.07, 6.45) is 0. The van der Waals surface area contributed by atoms with Crippen LogP contribution < -0.4 is 4.74 Å². The van der Waals surface area contributed by atoms with E-state index in [2.05, 4.69) is 15.9 Å². The van der Waals surface area contributed by atoms with Gasteiger partial charge in [-0.15, -0.1) is 0 Å². The molecule has 2 N–H and O–H groups in total. The van der Waals surface area contributed by atoms with Crippen LogP contribution in [0.25, 0.3) is 0 Å². The topological polar surface area (TPSA) is 49.7 Å². The van der Waals surface area contributed by atoms with E-state index < -0.39 is 0 Å². The summed E-state index contributed by atoms with van der Waals surface area (Å²) in [6.45, 7) is 6.25. The molecule has 4 heteroatoms. The summed E-state index contributed by atoms with van der Waals surface area (Å²) < 4.78 is 5.91. The molecule has 0 unspecified atom stereocenters. The molecule has 1 aromatic rings. The van der Waals surface area contributed by atoms with E-state index >= 15 is 0 Å². The van der Waals surface area contributed by atoms with Crippen molar-refractivity contribution in [2.75, 3.05) is 13.2 Å². The predicted octanol–water partition coefficient (Wildman–Crippen LogP) is 2.82. The fourth-order valence-electron chi connectivity index (χ4n) is 1.32. The molecule has 0 amide bonds. The normalized spacial score (nSPS) is 11.6. The second kappa shape index (κ2) is 5.06. The number of phenolic OH excluding ortho intramolecular Hbond substituents is 1. The second-order valence-corrected chi connectivity index (χ2v) is 5.13. The van der Waals surface area contributed by atoms with E-state index in [-0.39, 0.29) is 17.8 Å². The van der Waals surface area contributed by atoms with E-state index in [1.807, 2.05) is 20.8 Å². The van der Waals surface area contributed by atoms with Gasteiger partial charge in [-0.3, -0.25) is 0 Å². The largest absolute Gasteiger partial charge is 0.503 e. The van der Waals surface area contributed by atoms with E-state index in [1.54, 1.807) is 12.1 Å². The Morgan fingerprint density at radius 3 is 2.50 bits per heavy atom. The highest BCUT2D eigenvalue weighted by atomic mass is 79.9. The zero-order chi connectivity index (χ0) is 12.3. The van der Waals surface area contributed by atoms with Crippen LogP contribution in [0.1, 0.15) is 26.3 Å². The van der Waals surface area contributed by atoms with Crippen LogP contribution in [-0.2, 0) is 5.41 Å². The van der Waals surface area contributed by atoms with Gasteiger partial charge in [0.25, 0.3) is 0 Å². The van der Waals surface area contributed by atoms with Crippen LogP contribution in [0.15, 0.2) is 16.6 Å². The Morgan fingerprint density at radius 1 is 1.38 bits per heavy atom. The SMILES string of the molecule is CCOc1cc(C(C)(C)CO)cc(Br)c1O. The van der Waals surface area contributed by atoms with Crippen LogP contribution in [0.4, 0.5) is 0 Å². The molecule has 0 aromatic heterocycles. The van der Waals surface area contributed by atoms with Crippen LogP contribution in [0, 0.1) is 0 Å². The predicted molar refractivity (Wildman–Crippen MR) is 67.1 cm³/mol. The monoisotopic (exact) mass is 288 g/mol. The van der Waals surface area contributed by atoms with Gasteiger partial charge in [-0.2, -0.15) is 0 Å². The molecule has 0 saturated heterocycles. The molecule has 16 heavy (non-hydrogen) atoms. The van der Waals surface area contributed by atoms with E-state index in [1.165, 1.54) is 0 Å². The highest BCUT2D eigenvalue weighted by Gasteiger charge is 2.22. The minimum absolute atomic E-state index is 0.0375. The highest BCUT2D eigenvalue weighted by molar-refractivity contribution is 9.10. The lowest BCUT2D eigenvalue weighted by atomic mass is 9.85. The van der Waals surface area contributed by atoms with E-state index in [9.17, 15) is 10.2 Å². The summed E-state index contributed by atoms with van der Waals surface area (Å²) in [6, 6.07) is 3.56. The first kappa shape index (κ1) is 13.3. The summed E-state index contributed by atoms with van der Waals surface area (Å²) in [7, 11) is 0. The quantitative estimate of drug-likeness (QED) is 0.896. The van der Waals surface area contributed by atoms with Crippen LogP contribution in [0.5, 0.6) is 11.5 Å². The second-order valence-electron chi connectivity index (χ2n) is 4.28. The van der Waals surface area contributed by atoms with Crippen molar-refractivity contribution in [3.63, 3.8) is 0 Å². The van der Waals surface area contributed by atoms with Gasteiger partial charge in [-0.25, -0.2) is 0 Å². The molecule has 0 saturated carbocycles. The van der Waals surface area contributed by atoms with E-state index in [0.717, 1.165) is 5.56 Å². The van der Waals surface area contributed by atoms with Gasteiger partial charge in [0.15, 0.2) is 11.5 Å². The van der Waals surface area contributed by atoms with Crippen LogP contribution >= 0.6 is 15.9 Å². The molecule has 1 aromatic carbocycles. The van der Waals surface area contributed by atoms with E-state index in [4.69, 9.17) is 4.74 Å². The number of halogens is 1. The molecule has 90 valence electrons. The summed E-state index contributed by atoms with van der Waals surface area (Å²) in [4.78, 5) is 0. The first-order chi connectivity index (χ1) is 7.42. The molecule has 0 radical (unpaired) electrons. The molecule has 0 fully saturated rings. The molecule has 0 aliphatic heterocycles. The van der Waals surface area contributed by atoms with Crippen molar-refractivity contribution in [1.29, 1.82) is 0 Å². The lowest BCUT2D eigenvalue weighted by Gasteiger charge is -2.23. The summed E-state index contributed by atoms with van der Waals surface area (Å²) in [5.74, 6) is 0.535. The molecule has 0 spiro atoms. The van der Waals surface area contributed by atoms with Crippen LogP contribution in [0.3, 0.4) is 0 Å². The van der Waals surface area contributed by atoms with Gasteiger partial charge in [0.2, 0.25) is 0 Å². The number of rotatable bonds is 4. The standard InChI is InChI=1S/C12H17BrO3/c1-4-16-10-6-8(12(2,3)7-14)5-9(13)11(10)15/h5-6,14-15H,4,7H2,1-3H3. The highest BCUT2D eigenvalue weighted by Crippen LogP contribution is 2.38. The van der Waals surface area contributed by atoms with Crippen LogP contribution in [0.2, 0.25) is 0 Å². The van der Waals surface area contributed by atoms with Crippen molar-refractivity contribution in [1.82, 2.24) is 0 Å². The van der Waals surface area contributed by atoms with Gasteiger partial charge in [-0.05, 0) is 40.5 Å². The number of ether oxygens (including phenoxy) is 1. The molecule has 1 rings (SSSR count). The Balaban J connectivity index is 3.23.